The van der Waals surface area contributed by atoms with Crippen LogP contribution in [0.4, 0.5) is 0 Å². The van der Waals surface area contributed by atoms with Crippen molar-refractivity contribution in [1.82, 2.24) is 10.6 Å². The molecule has 0 fully saturated rings. The highest BCUT2D eigenvalue weighted by atomic mass is 16.5. The van der Waals surface area contributed by atoms with Gasteiger partial charge in [0, 0.05) is 30.7 Å². The van der Waals surface area contributed by atoms with E-state index in [1.807, 2.05) is 26.0 Å². The first-order valence-electron chi connectivity index (χ1n) is 11.6. The van der Waals surface area contributed by atoms with E-state index in [1.165, 1.54) is 7.11 Å². The fourth-order valence-corrected chi connectivity index (χ4v) is 4.51. The molecule has 8 heteroatoms. The van der Waals surface area contributed by atoms with Crippen LogP contribution in [0.1, 0.15) is 53.4 Å². The number of Topliss-reactive ketones (excluding diaryl/α,β-unsaturated/α-hetero) is 1. The standard InChI is InChI=1S/C27H33N3O5/c1-27(2)13-23(21-12-19(35-4)8-9-20(21)26(27)33)29-15-24(31)22(30-25(32)16-34-3)11-17-6-5-7-18(10-17)14-28/h5-10,12,22-24,29,31H,11,13,15-16H2,1-4H3,(H,30,32)/t22?,23-,24?/m0/s1. The fourth-order valence-electron chi connectivity index (χ4n) is 4.51. The van der Waals surface area contributed by atoms with Crippen molar-refractivity contribution >= 4 is 11.7 Å². The third-order valence-electron chi connectivity index (χ3n) is 6.38. The van der Waals surface area contributed by atoms with E-state index in [-0.39, 0.29) is 30.9 Å². The minimum atomic E-state index is -0.934. The normalized spacial score (nSPS) is 18.2. The number of carbonyl (C=O) groups excluding carboxylic acids is 2. The summed E-state index contributed by atoms with van der Waals surface area (Å²) in [6.07, 6.45) is -0.0346. The van der Waals surface area contributed by atoms with Crippen LogP contribution in [0.25, 0.3) is 0 Å². The number of aliphatic hydroxyl groups is 1. The SMILES string of the molecule is COCC(=O)NC(Cc1cccc(C#N)c1)C(O)CN[C@H]1CC(C)(C)C(=O)c2ccc(OC)cc21. The molecule has 3 atom stereocenters. The number of fused-ring (bicyclic) bond motifs is 1. The first-order chi connectivity index (χ1) is 16.7. The van der Waals surface area contributed by atoms with Gasteiger partial charge in [-0.3, -0.25) is 9.59 Å². The zero-order chi connectivity index (χ0) is 25.6. The quantitative estimate of drug-likeness (QED) is 0.479. The number of rotatable bonds is 10. The number of methoxy groups -OCH3 is 2. The van der Waals surface area contributed by atoms with Gasteiger partial charge in [-0.15, -0.1) is 0 Å². The molecule has 0 bridgehead atoms. The molecule has 2 aromatic rings. The van der Waals surface area contributed by atoms with Gasteiger partial charge in [0.1, 0.15) is 12.4 Å². The van der Waals surface area contributed by atoms with Crippen LogP contribution in [-0.2, 0) is 16.0 Å². The molecule has 0 radical (unpaired) electrons. The molecule has 3 rings (SSSR count). The highest BCUT2D eigenvalue weighted by Crippen LogP contribution is 2.41. The van der Waals surface area contributed by atoms with Gasteiger partial charge in [-0.05, 0) is 54.3 Å². The Bertz CT molecular complexity index is 1110. The van der Waals surface area contributed by atoms with Crippen molar-refractivity contribution in [2.45, 2.75) is 44.9 Å². The lowest BCUT2D eigenvalue weighted by atomic mass is 9.71. The predicted molar refractivity (Wildman–Crippen MR) is 131 cm³/mol. The van der Waals surface area contributed by atoms with Crippen molar-refractivity contribution in [3.05, 3.63) is 64.7 Å². The number of hydrogen-bond acceptors (Lipinski definition) is 7. The van der Waals surface area contributed by atoms with Crippen LogP contribution < -0.4 is 15.4 Å². The number of aliphatic hydroxyl groups excluding tert-OH is 1. The number of amides is 1. The second kappa shape index (κ2) is 11.5. The maximum absolute atomic E-state index is 13.0. The van der Waals surface area contributed by atoms with E-state index in [9.17, 15) is 20.0 Å². The molecular formula is C27H33N3O5. The first kappa shape index (κ1) is 26.4. The molecule has 186 valence electrons. The Labute approximate surface area is 206 Å². The third kappa shape index (κ3) is 6.45. The number of benzene rings is 2. The Morgan fingerprint density at radius 3 is 2.71 bits per heavy atom. The number of nitrogens with zero attached hydrogens (tertiary/aromatic N) is 1. The van der Waals surface area contributed by atoms with E-state index in [0.717, 1.165) is 11.1 Å². The summed E-state index contributed by atoms with van der Waals surface area (Å²) in [5.74, 6) is 0.397. The number of ether oxygens (including phenoxy) is 2. The Morgan fingerprint density at radius 1 is 1.26 bits per heavy atom. The minimum absolute atomic E-state index is 0.0795. The molecule has 0 aromatic heterocycles. The van der Waals surface area contributed by atoms with Crippen LogP contribution in [0.3, 0.4) is 0 Å². The topological polar surface area (TPSA) is 121 Å². The molecule has 2 aromatic carbocycles. The maximum Gasteiger partial charge on any atom is 0.246 e. The summed E-state index contributed by atoms with van der Waals surface area (Å²) in [5.41, 5.74) is 2.26. The van der Waals surface area contributed by atoms with Crippen molar-refractivity contribution in [2.24, 2.45) is 5.41 Å². The highest BCUT2D eigenvalue weighted by molar-refractivity contribution is 6.02. The zero-order valence-electron chi connectivity index (χ0n) is 20.6. The summed E-state index contributed by atoms with van der Waals surface area (Å²) < 4.78 is 10.3. The molecule has 0 aliphatic heterocycles. The van der Waals surface area contributed by atoms with Gasteiger partial charge in [-0.25, -0.2) is 0 Å². The van der Waals surface area contributed by atoms with Crippen molar-refractivity contribution in [3.63, 3.8) is 0 Å². The number of nitriles is 1. The average Bonchev–Trinajstić information content (AvgIpc) is 2.84. The lowest BCUT2D eigenvalue weighted by Crippen LogP contribution is -2.50. The third-order valence-corrected chi connectivity index (χ3v) is 6.38. The molecule has 8 nitrogen and oxygen atoms in total. The molecule has 1 aliphatic rings. The van der Waals surface area contributed by atoms with Gasteiger partial charge in [0.05, 0.1) is 30.9 Å². The molecule has 1 aliphatic carbocycles. The predicted octanol–water partition coefficient (Wildman–Crippen LogP) is 2.54. The summed E-state index contributed by atoms with van der Waals surface area (Å²) in [6.45, 7) is 3.90. The smallest absolute Gasteiger partial charge is 0.246 e. The Hall–Kier alpha value is -3.25. The summed E-state index contributed by atoms with van der Waals surface area (Å²) in [5, 5.41) is 26.5. The van der Waals surface area contributed by atoms with Crippen LogP contribution >= 0.6 is 0 Å². The summed E-state index contributed by atoms with van der Waals surface area (Å²) in [7, 11) is 3.01. The van der Waals surface area contributed by atoms with Gasteiger partial charge in [-0.2, -0.15) is 5.26 Å². The molecule has 0 saturated carbocycles. The Morgan fingerprint density at radius 2 is 2.03 bits per heavy atom. The van der Waals surface area contributed by atoms with Gasteiger partial charge in [0.2, 0.25) is 5.91 Å². The molecule has 1 amide bonds. The summed E-state index contributed by atoms with van der Waals surface area (Å²) >= 11 is 0. The van der Waals surface area contributed by atoms with Gasteiger partial charge in [-0.1, -0.05) is 26.0 Å². The van der Waals surface area contributed by atoms with E-state index >= 15 is 0 Å². The van der Waals surface area contributed by atoms with Crippen molar-refractivity contribution in [2.75, 3.05) is 27.4 Å². The second-order valence-corrected chi connectivity index (χ2v) is 9.52. The van der Waals surface area contributed by atoms with Gasteiger partial charge >= 0.3 is 0 Å². The number of nitrogens with one attached hydrogen (secondary N) is 2. The van der Waals surface area contributed by atoms with Crippen molar-refractivity contribution in [1.29, 1.82) is 5.26 Å². The van der Waals surface area contributed by atoms with E-state index in [1.54, 1.807) is 37.4 Å². The zero-order valence-corrected chi connectivity index (χ0v) is 20.6. The van der Waals surface area contributed by atoms with Crippen LogP contribution in [0.5, 0.6) is 5.75 Å². The van der Waals surface area contributed by atoms with Crippen LogP contribution in [0.2, 0.25) is 0 Å². The van der Waals surface area contributed by atoms with E-state index < -0.39 is 17.6 Å². The second-order valence-electron chi connectivity index (χ2n) is 9.52. The highest BCUT2D eigenvalue weighted by Gasteiger charge is 2.39. The number of hydrogen-bond donors (Lipinski definition) is 3. The van der Waals surface area contributed by atoms with Crippen molar-refractivity contribution < 1.29 is 24.2 Å². The molecule has 0 heterocycles. The molecule has 2 unspecified atom stereocenters. The largest absolute Gasteiger partial charge is 0.497 e. The Balaban J connectivity index is 1.79. The average molecular weight is 480 g/mol. The monoisotopic (exact) mass is 479 g/mol. The molecule has 3 N–H and O–H groups in total. The molecule has 0 spiro atoms. The van der Waals surface area contributed by atoms with Crippen molar-refractivity contribution in [3.8, 4) is 11.8 Å². The number of carbonyl (C=O) groups is 2. The van der Waals surface area contributed by atoms with Crippen LogP contribution in [-0.4, -0.2) is 56.3 Å². The fraction of sp³-hybridized carbons (Fsp3) is 0.444. The Kier molecular flexibility index (Phi) is 8.62. The lowest BCUT2D eigenvalue weighted by molar-refractivity contribution is -0.126. The molecule has 35 heavy (non-hydrogen) atoms. The van der Waals surface area contributed by atoms with E-state index in [0.29, 0.717) is 29.7 Å². The summed E-state index contributed by atoms with van der Waals surface area (Å²) in [4.78, 5) is 25.2. The minimum Gasteiger partial charge on any atom is -0.497 e. The maximum atomic E-state index is 13.0. The first-order valence-corrected chi connectivity index (χ1v) is 11.6. The molecular weight excluding hydrogens is 446 g/mol. The van der Waals surface area contributed by atoms with Gasteiger partial charge in [0.25, 0.3) is 0 Å². The van der Waals surface area contributed by atoms with Gasteiger partial charge in [0.15, 0.2) is 5.78 Å². The van der Waals surface area contributed by atoms with Crippen LogP contribution in [0, 0.1) is 16.7 Å². The van der Waals surface area contributed by atoms with Gasteiger partial charge < -0.3 is 25.2 Å². The lowest BCUT2D eigenvalue weighted by Gasteiger charge is -2.37. The van der Waals surface area contributed by atoms with Crippen LogP contribution in [0.15, 0.2) is 42.5 Å². The number of ketones is 1. The van der Waals surface area contributed by atoms with E-state index in [2.05, 4.69) is 16.7 Å². The van der Waals surface area contributed by atoms with E-state index in [4.69, 9.17) is 9.47 Å². The molecule has 0 saturated heterocycles. The summed E-state index contributed by atoms with van der Waals surface area (Å²) in [6, 6.07) is 13.8.